The quantitative estimate of drug-likeness (QED) is 0.315. The smallest absolute Gasteiger partial charge is 0.268 e. The number of benzene rings is 1. The fourth-order valence-corrected chi connectivity index (χ4v) is 3.43. The van der Waals surface area contributed by atoms with Gasteiger partial charge >= 0.3 is 0 Å². The lowest BCUT2D eigenvalue weighted by Crippen LogP contribution is -2.22. The van der Waals surface area contributed by atoms with E-state index in [0.717, 1.165) is 0 Å². The maximum Gasteiger partial charge on any atom is 0.271 e. The molecule has 0 bridgehead atoms. The zero-order valence-corrected chi connectivity index (χ0v) is 15.9. The molecule has 1 aromatic carbocycles. The summed E-state index contributed by atoms with van der Waals surface area (Å²) in [5.74, 6) is -0.366. The van der Waals surface area contributed by atoms with Gasteiger partial charge in [0.1, 0.15) is 15.7 Å². The number of pyridine rings is 2. The second-order valence-electron chi connectivity index (χ2n) is 5.90. The number of hydrogen-bond donors (Lipinski definition) is 1. The highest BCUT2D eigenvalue weighted by Crippen LogP contribution is 2.25. The van der Waals surface area contributed by atoms with Gasteiger partial charge in [0.2, 0.25) is 0 Å². The molecule has 29 heavy (non-hydrogen) atoms. The maximum atomic E-state index is 13.0. The molecule has 3 aromatic heterocycles. The fourth-order valence-electron chi connectivity index (χ4n) is 2.59. The third-order valence-electron chi connectivity index (χ3n) is 3.97. The van der Waals surface area contributed by atoms with Crippen molar-refractivity contribution in [2.24, 2.45) is 5.10 Å². The number of hydrazone groups is 1. The zero-order chi connectivity index (χ0) is 20.1. The van der Waals surface area contributed by atoms with Crippen LogP contribution in [0.25, 0.3) is 5.65 Å². The molecule has 0 fully saturated rings. The van der Waals surface area contributed by atoms with E-state index in [4.69, 9.17) is 0 Å². The molecular formula is C21H15N5O2S. The van der Waals surface area contributed by atoms with Crippen LogP contribution in [-0.2, 0) is 0 Å². The van der Waals surface area contributed by atoms with Gasteiger partial charge in [-0.25, -0.2) is 15.4 Å². The first kappa shape index (κ1) is 18.6. The van der Waals surface area contributed by atoms with Gasteiger partial charge in [-0.15, -0.1) is 0 Å². The van der Waals surface area contributed by atoms with E-state index in [9.17, 15) is 9.59 Å². The van der Waals surface area contributed by atoms with Crippen molar-refractivity contribution in [2.45, 2.75) is 10.1 Å². The SMILES string of the molecule is O=C(N/N=C/c1c(Sc2ccccn2)nc2ccccn2c1=O)c1ccccc1. The molecule has 1 N–H and O–H groups in total. The van der Waals surface area contributed by atoms with Crippen LogP contribution in [0.3, 0.4) is 0 Å². The predicted molar refractivity (Wildman–Crippen MR) is 111 cm³/mol. The second-order valence-corrected chi connectivity index (χ2v) is 6.91. The zero-order valence-electron chi connectivity index (χ0n) is 15.1. The number of carbonyl (C=O) groups is 1. The van der Waals surface area contributed by atoms with Crippen LogP contribution >= 0.6 is 11.8 Å². The van der Waals surface area contributed by atoms with Crippen LogP contribution in [0.15, 0.2) is 99.1 Å². The summed E-state index contributed by atoms with van der Waals surface area (Å²) in [6.45, 7) is 0. The van der Waals surface area contributed by atoms with Crippen molar-refractivity contribution in [3.05, 3.63) is 101 Å². The Morgan fingerprint density at radius 2 is 1.83 bits per heavy atom. The average molecular weight is 401 g/mol. The highest BCUT2D eigenvalue weighted by molar-refractivity contribution is 7.99. The van der Waals surface area contributed by atoms with Gasteiger partial charge in [0.25, 0.3) is 11.5 Å². The number of nitrogens with zero attached hydrogens (tertiary/aromatic N) is 4. The van der Waals surface area contributed by atoms with Crippen molar-refractivity contribution in [3.63, 3.8) is 0 Å². The first-order valence-electron chi connectivity index (χ1n) is 8.71. The van der Waals surface area contributed by atoms with E-state index in [2.05, 4.69) is 20.5 Å². The van der Waals surface area contributed by atoms with Crippen molar-refractivity contribution < 1.29 is 4.79 Å². The normalized spacial score (nSPS) is 11.0. The van der Waals surface area contributed by atoms with E-state index in [1.54, 1.807) is 48.8 Å². The molecule has 142 valence electrons. The van der Waals surface area contributed by atoms with Gasteiger partial charge in [0.05, 0.1) is 11.8 Å². The van der Waals surface area contributed by atoms with Crippen LogP contribution in [0.2, 0.25) is 0 Å². The average Bonchev–Trinajstić information content (AvgIpc) is 2.77. The minimum absolute atomic E-state index is 0.262. The number of fused-ring (bicyclic) bond motifs is 1. The Kier molecular flexibility index (Phi) is 5.44. The first-order chi connectivity index (χ1) is 14.2. The minimum Gasteiger partial charge on any atom is -0.268 e. The van der Waals surface area contributed by atoms with Crippen LogP contribution < -0.4 is 11.0 Å². The van der Waals surface area contributed by atoms with E-state index in [1.165, 1.54) is 22.4 Å². The summed E-state index contributed by atoms with van der Waals surface area (Å²) < 4.78 is 1.43. The fraction of sp³-hybridized carbons (Fsp3) is 0. The molecule has 0 aliphatic heterocycles. The number of hydrogen-bond acceptors (Lipinski definition) is 6. The maximum absolute atomic E-state index is 13.0. The third kappa shape index (κ3) is 4.22. The van der Waals surface area contributed by atoms with Gasteiger partial charge in [0, 0.05) is 18.0 Å². The Bertz CT molecular complexity index is 1240. The molecule has 0 aliphatic rings. The van der Waals surface area contributed by atoms with E-state index < -0.39 is 0 Å². The number of nitrogens with one attached hydrogen (secondary N) is 1. The Labute approximate surface area is 170 Å². The Morgan fingerprint density at radius 1 is 1.03 bits per heavy atom. The summed E-state index contributed by atoms with van der Waals surface area (Å²) >= 11 is 1.26. The second kappa shape index (κ2) is 8.49. The van der Waals surface area contributed by atoms with Gasteiger partial charge in [-0.3, -0.25) is 14.0 Å². The van der Waals surface area contributed by atoms with E-state index in [-0.39, 0.29) is 17.0 Å². The predicted octanol–water partition coefficient (Wildman–Crippen LogP) is 3.00. The third-order valence-corrected chi connectivity index (χ3v) is 4.92. The Morgan fingerprint density at radius 3 is 2.62 bits per heavy atom. The van der Waals surface area contributed by atoms with Crippen LogP contribution in [0, 0.1) is 0 Å². The van der Waals surface area contributed by atoms with Crippen molar-refractivity contribution in [1.82, 2.24) is 19.8 Å². The lowest BCUT2D eigenvalue weighted by molar-refractivity contribution is 0.0955. The minimum atomic E-state index is -0.366. The van der Waals surface area contributed by atoms with Crippen LogP contribution in [0.5, 0.6) is 0 Å². The van der Waals surface area contributed by atoms with Crippen LogP contribution in [-0.4, -0.2) is 26.5 Å². The molecule has 0 saturated carbocycles. The lowest BCUT2D eigenvalue weighted by Gasteiger charge is -2.07. The summed E-state index contributed by atoms with van der Waals surface area (Å²) in [7, 11) is 0. The summed E-state index contributed by atoms with van der Waals surface area (Å²) in [4.78, 5) is 34.0. The Balaban J connectivity index is 1.69. The summed E-state index contributed by atoms with van der Waals surface area (Å²) in [6, 6.07) is 19.5. The number of rotatable bonds is 5. The lowest BCUT2D eigenvalue weighted by atomic mass is 10.2. The molecule has 7 nitrogen and oxygen atoms in total. The van der Waals surface area contributed by atoms with Gasteiger partial charge in [-0.2, -0.15) is 5.10 Å². The summed E-state index contributed by atoms with van der Waals surface area (Å²) in [6.07, 6.45) is 4.63. The number of carbonyl (C=O) groups excluding carboxylic acids is 1. The standard InChI is InChI=1S/C21H15N5O2S/c27-19(15-8-2-1-3-9-15)25-23-14-16-20(29-18-11-4-6-12-22-18)24-17-10-5-7-13-26(17)21(16)28/h1-14H,(H,25,27)/b23-14+. The topological polar surface area (TPSA) is 88.7 Å². The monoisotopic (exact) mass is 401 g/mol. The largest absolute Gasteiger partial charge is 0.271 e. The molecule has 8 heteroatoms. The summed E-state index contributed by atoms with van der Waals surface area (Å²) in [5.41, 5.74) is 3.41. The van der Waals surface area contributed by atoms with Crippen LogP contribution in [0.4, 0.5) is 0 Å². The molecule has 0 spiro atoms. The van der Waals surface area contributed by atoms with Crippen molar-refractivity contribution in [1.29, 1.82) is 0 Å². The number of amides is 1. The van der Waals surface area contributed by atoms with Gasteiger partial charge in [-0.05, 0) is 48.2 Å². The van der Waals surface area contributed by atoms with Gasteiger partial charge in [-0.1, -0.05) is 30.3 Å². The number of aromatic nitrogens is 3. The summed E-state index contributed by atoms with van der Waals surface area (Å²) in [5, 5.41) is 5.13. The molecule has 1 amide bonds. The highest BCUT2D eigenvalue weighted by Gasteiger charge is 2.13. The highest BCUT2D eigenvalue weighted by atomic mass is 32.2. The molecule has 0 radical (unpaired) electrons. The molecule has 0 unspecified atom stereocenters. The van der Waals surface area contributed by atoms with E-state index in [0.29, 0.717) is 21.3 Å². The van der Waals surface area contributed by atoms with E-state index in [1.807, 2.05) is 30.3 Å². The molecule has 0 saturated heterocycles. The molecule has 4 rings (SSSR count). The first-order valence-corrected chi connectivity index (χ1v) is 9.53. The molecule has 4 aromatic rings. The van der Waals surface area contributed by atoms with Gasteiger partial charge in [0.15, 0.2) is 0 Å². The Hall–Kier alpha value is -3.78. The van der Waals surface area contributed by atoms with Gasteiger partial charge < -0.3 is 0 Å². The van der Waals surface area contributed by atoms with Crippen molar-refractivity contribution in [3.8, 4) is 0 Å². The van der Waals surface area contributed by atoms with E-state index >= 15 is 0 Å². The molecule has 0 aliphatic carbocycles. The van der Waals surface area contributed by atoms with Crippen LogP contribution in [0.1, 0.15) is 15.9 Å². The molecular weight excluding hydrogens is 386 g/mol. The molecule has 3 heterocycles. The molecule has 0 atom stereocenters. The van der Waals surface area contributed by atoms with Crippen molar-refractivity contribution >= 4 is 29.5 Å². The van der Waals surface area contributed by atoms with Crippen molar-refractivity contribution in [2.75, 3.05) is 0 Å².